The van der Waals surface area contributed by atoms with Crippen molar-refractivity contribution in [2.75, 3.05) is 6.54 Å². The summed E-state index contributed by atoms with van der Waals surface area (Å²) in [4.78, 5) is 0. The molecule has 3 unspecified atom stereocenters. The van der Waals surface area contributed by atoms with Crippen LogP contribution < -0.4 is 5.32 Å². The van der Waals surface area contributed by atoms with Gasteiger partial charge in [-0.2, -0.15) is 0 Å². The van der Waals surface area contributed by atoms with E-state index in [1.807, 2.05) is 0 Å². The van der Waals surface area contributed by atoms with E-state index in [1.165, 1.54) is 6.42 Å². The van der Waals surface area contributed by atoms with E-state index in [2.05, 4.69) is 26.1 Å². The van der Waals surface area contributed by atoms with Crippen molar-refractivity contribution in [1.82, 2.24) is 5.32 Å². The van der Waals surface area contributed by atoms with Crippen molar-refractivity contribution in [3.63, 3.8) is 0 Å². The van der Waals surface area contributed by atoms with Crippen LogP contribution in [0.25, 0.3) is 0 Å². The van der Waals surface area contributed by atoms with Crippen molar-refractivity contribution in [2.45, 2.75) is 33.2 Å². The van der Waals surface area contributed by atoms with Crippen LogP contribution in [0.4, 0.5) is 0 Å². The van der Waals surface area contributed by atoms with Crippen molar-refractivity contribution in [3.8, 4) is 0 Å². The van der Waals surface area contributed by atoms with Crippen molar-refractivity contribution >= 4 is 0 Å². The average molecular weight is 126 g/mol. The molecule has 0 spiro atoms. The van der Waals surface area contributed by atoms with E-state index in [0.29, 0.717) is 6.04 Å². The van der Waals surface area contributed by atoms with Crippen LogP contribution in [0.5, 0.6) is 0 Å². The van der Waals surface area contributed by atoms with Gasteiger partial charge in [0.25, 0.3) is 0 Å². The highest BCUT2D eigenvalue weighted by atomic mass is 14.9. The first kappa shape index (κ1) is 7.07. The topological polar surface area (TPSA) is 14.1 Å². The molecule has 0 aromatic rings. The van der Waals surface area contributed by atoms with Gasteiger partial charge >= 0.3 is 0 Å². The van der Waals surface area contributed by atoms with Crippen LogP contribution in [0.1, 0.15) is 27.2 Å². The Bertz CT molecular complexity index is 90.6. The zero-order valence-electron chi connectivity index (χ0n) is 6.59. The highest BCUT2D eigenvalue weighted by molar-refractivity contribution is 4.77. The lowest BCUT2D eigenvalue weighted by Gasteiger charge is -2.29. The normalized spacial score (nSPS) is 45.0. The minimum absolute atomic E-state index is 0.612. The SMILES string of the molecule is CC1C[N]C(C)C(C)C1. The molecular formula is C8H16N. The third-order valence-corrected chi connectivity index (χ3v) is 2.30. The summed E-state index contributed by atoms with van der Waals surface area (Å²) >= 11 is 0. The van der Waals surface area contributed by atoms with Crippen LogP contribution in [-0.2, 0) is 0 Å². The summed E-state index contributed by atoms with van der Waals surface area (Å²) in [6, 6.07) is 0.612. The quantitative estimate of drug-likeness (QED) is 0.468. The smallest absolute Gasteiger partial charge is 0.0243 e. The predicted octanol–water partition coefficient (Wildman–Crippen LogP) is 1.66. The Morgan fingerprint density at radius 3 is 2.33 bits per heavy atom. The molecule has 0 aliphatic carbocycles. The van der Waals surface area contributed by atoms with Gasteiger partial charge in [0, 0.05) is 12.6 Å². The van der Waals surface area contributed by atoms with Gasteiger partial charge in [0.2, 0.25) is 0 Å². The van der Waals surface area contributed by atoms with Crippen molar-refractivity contribution in [2.24, 2.45) is 11.8 Å². The van der Waals surface area contributed by atoms with E-state index < -0.39 is 0 Å². The summed E-state index contributed by atoms with van der Waals surface area (Å²) in [5, 5.41) is 4.49. The third kappa shape index (κ3) is 1.68. The number of rotatable bonds is 0. The molecule has 1 heterocycles. The van der Waals surface area contributed by atoms with Gasteiger partial charge in [-0.1, -0.05) is 13.8 Å². The van der Waals surface area contributed by atoms with Crippen molar-refractivity contribution < 1.29 is 0 Å². The maximum atomic E-state index is 4.49. The number of nitrogens with zero attached hydrogens (tertiary/aromatic N) is 1. The fourth-order valence-electron chi connectivity index (χ4n) is 1.43. The van der Waals surface area contributed by atoms with Gasteiger partial charge in [-0.15, -0.1) is 0 Å². The van der Waals surface area contributed by atoms with Gasteiger partial charge in [-0.05, 0) is 25.2 Å². The minimum Gasteiger partial charge on any atom is -0.238 e. The molecule has 1 aliphatic rings. The molecule has 9 heavy (non-hydrogen) atoms. The zero-order chi connectivity index (χ0) is 6.85. The van der Waals surface area contributed by atoms with Gasteiger partial charge in [0.15, 0.2) is 0 Å². The molecule has 1 saturated heterocycles. The van der Waals surface area contributed by atoms with Crippen LogP contribution in [0, 0.1) is 11.8 Å². The van der Waals surface area contributed by atoms with Crippen LogP contribution in [-0.4, -0.2) is 12.6 Å². The van der Waals surface area contributed by atoms with Gasteiger partial charge < -0.3 is 0 Å². The lowest BCUT2D eigenvalue weighted by Crippen LogP contribution is -2.36. The largest absolute Gasteiger partial charge is 0.238 e. The minimum atomic E-state index is 0.612. The van der Waals surface area contributed by atoms with Crippen LogP contribution in [0.15, 0.2) is 0 Å². The first-order valence-electron chi connectivity index (χ1n) is 3.86. The summed E-state index contributed by atoms with van der Waals surface area (Å²) in [5.41, 5.74) is 0. The molecule has 0 aromatic carbocycles. The number of hydrogen-bond acceptors (Lipinski definition) is 0. The van der Waals surface area contributed by atoms with E-state index in [9.17, 15) is 0 Å². The molecule has 53 valence electrons. The van der Waals surface area contributed by atoms with Crippen molar-refractivity contribution in [1.29, 1.82) is 0 Å². The monoisotopic (exact) mass is 126 g/mol. The molecule has 1 radical (unpaired) electrons. The molecule has 0 aromatic heterocycles. The standard InChI is InChI=1S/C8H16N/c1-6-4-7(2)8(3)9-5-6/h6-8H,4-5H2,1-3H3. The third-order valence-electron chi connectivity index (χ3n) is 2.30. The highest BCUT2D eigenvalue weighted by Gasteiger charge is 2.21. The molecule has 1 fully saturated rings. The Kier molecular flexibility index (Phi) is 2.12. The van der Waals surface area contributed by atoms with Gasteiger partial charge in [0.05, 0.1) is 0 Å². The van der Waals surface area contributed by atoms with Gasteiger partial charge in [-0.3, -0.25) is 0 Å². The Hall–Kier alpha value is -0.0400. The molecule has 1 heteroatoms. The summed E-state index contributed by atoms with van der Waals surface area (Å²) in [6.07, 6.45) is 1.37. The molecular weight excluding hydrogens is 110 g/mol. The Balaban J connectivity index is 2.35. The predicted molar refractivity (Wildman–Crippen MR) is 39.4 cm³/mol. The van der Waals surface area contributed by atoms with E-state index >= 15 is 0 Å². The molecule has 1 rings (SSSR count). The first-order valence-corrected chi connectivity index (χ1v) is 3.86. The Morgan fingerprint density at radius 2 is 1.89 bits per heavy atom. The summed E-state index contributed by atoms with van der Waals surface area (Å²) in [6.45, 7) is 7.89. The molecule has 0 saturated carbocycles. The summed E-state index contributed by atoms with van der Waals surface area (Å²) in [7, 11) is 0. The zero-order valence-corrected chi connectivity index (χ0v) is 6.59. The maximum Gasteiger partial charge on any atom is 0.0243 e. The second kappa shape index (κ2) is 2.70. The lowest BCUT2D eigenvalue weighted by molar-refractivity contribution is 0.252. The van der Waals surface area contributed by atoms with E-state index in [0.717, 1.165) is 18.4 Å². The van der Waals surface area contributed by atoms with Crippen LogP contribution >= 0.6 is 0 Å². The van der Waals surface area contributed by atoms with E-state index in [1.54, 1.807) is 0 Å². The van der Waals surface area contributed by atoms with E-state index in [4.69, 9.17) is 0 Å². The van der Waals surface area contributed by atoms with Crippen LogP contribution in [0.3, 0.4) is 0 Å². The van der Waals surface area contributed by atoms with Gasteiger partial charge in [0.1, 0.15) is 0 Å². The second-order valence-corrected chi connectivity index (χ2v) is 3.42. The fourth-order valence-corrected chi connectivity index (χ4v) is 1.43. The van der Waals surface area contributed by atoms with Crippen molar-refractivity contribution in [3.05, 3.63) is 0 Å². The summed E-state index contributed by atoms with van der Waals surface area (Å²) in [5.74, 6) is 1.64. The lowest BCUT2D eigenvalue weighted by atomic mass is 9.88. The average Bonchev–Trinajstić information content (AvgIpc) is 1.80. The molecule has 0 bridgehead atoms. The molecule has 1 nitrogen and oxygen atoms in total. The Morgan fingerprint density at radius 1 is 1.22 bits per heavy atom. The molecule has 0 amide bonds. The molecule has 3 atom stereocenters. The number of piperidine rings is 1. The maximum absolute atomic E-state index is 4.49. The summed E-state index contributed by atoms with van der Waals surface area (Å²) < 4.78 is 0. The second-order valence-electron chi connectivity index (χ2n) is 3.42. The Labute approximate surface area is 57.8 Å². The van der Waals surface area contributed by atoms with Crippen LogP contribution in [0.2, 0.25) is 0 Å². The van der Waals surface area contributed by atoms with E-state index in [-0.39, 0.29) is 0 Å². The first-order chi connectivity index (χ1) is 4.20. The fraction of sp³-hybridized carbons (Fsp3) is 1.00. The highest BCUT2D eigenvalue weighted by Crippen LogP contribution is 2.20. The van der Waals surface area contributed by atoms with Gasteiger partial charge in [-0.25, -0.2) is 5.32 Å². The number of hydrogen-bond donors (Lipinski definition) is 0. The molecule has 0 N–H and O–H groups in total. The molecule has 1 aliphatic heterocycles.